The number of hydrogen-bond donors (Lipinski definition) is 2. The molecule has 0 unspecified atom stereocenters. The Bertz CT molecular complexity index is 474. The summed E-state index contributed by atoms with van der Waals surface area (Å²) in [7, 11) is 0. The quantitative estimate of drug-likeness (QED) is 0.893. The molecule has 112 valence electrons. The number of carbonyl (C=O) groups excluding carboxylic acids is 1. The number of nitrogens with one attached hydrogen (secondary N) is 2. The summed E-state index contributed by atoms with van der Waals surface area (Å²) in [6.07, 6.45) is -0.162. The summed E-state index contributed by atoms with van der Waals surface area (Å²) in [4.78, 5) is 12.0. The Balaban J connectivity index is 0.00000200. The van der Waals surface area contributed by atoms with Crippen LogP contribution in [0.3, 0.4) is 0 Å². The number of halogens is 3. The van der Waals surface area contributed by atoms with Crippen LogP contribution in [-0.4, -0.2) is 31.2 Å². The van der Waals surface area contributed by atoms with Crippen LogP contribution in [0.2, 0.25) is 5.02 Å². The second-order valence-corrected chi connectivity index (χ2v) is 4.88. The molecule has 1 amide bonds. The maximum atomic E-state index is 13.0. The lowest BCUT2D eigenvalue weighted by Crippen LogP contribution is -2.55. The highest BCUT2D eigenvalue weighted by Gasteiger charge is 2.27. The van der Waals surface area contributed by atoms with Crippen LogP contribution in [0.15, 0.2) is 18.2 Å². The van der Waals surface area contributed by atoms with Gasteiger partial charge in [0, 0.05) is 13.1 Å². The van der Waals surface area contributed by atoms with Gasteiger partial charge in [0.05, 0.1) is 17.7 Å². The predicted octanol–water partition coefficient (Wildman–Crippen LogP) is 1.89. The van der Waals surface area contributed by atoms with Crippen molar-refractivity contribution in [3.05, 3.63) is 34.6 Å². The average Bonchev–Trinajstić information content (AvgIpc) is 2.40. The lowest BCUT2D eigenvalue weighted by atomic mass is 10.1. The Morgan fingerprint density at radius 2 is 2.35 bits per heavy atom. The van der Waals surface area contributed by atoms with Gasteiger partial charge >= 0.3 is 0 Å². The first-order valence-electron chi connectivity index (χ1n) is 6.14. The standard InChI is InChI=1S/C13H16ClFN2O2.ClH/c1-8-12(16-4-5-19-8)13(18)17-7-9-2-3-11(15)10(14)6-9;/h2-3,6,8,12,16H,4-5,7H2,1H3,(H,17,18);1H/t8-,12+;/m1./s1. The fourth-order valence-electron chi connectivity index (χ4n) is 1.98. The largest absolute Gasteiger partial charge is 0.375 e. The van der Waals surface area contributed by atoms with Gasteiger partial charge in [-0.25, -0.2) is 4.39 Å². The van der Waals surface area contributed by atoms with Crippen molar-refractivity contribution in [3.8, 4) is 0 Å². The van der Waals surface area contributed by atoms with Gasteiger partial charge in [-0.1, -0.05) is 17.7 Å². The van der Waals surface area contributed by atoms with Crippen molar-refractivity contribution in [2.45, 2.75) is 25.6 Å². The summed E-state index contributed by atoms with van der Waals surface area (Å²) in [5, 5.41) is 5.94. The molecule has 1 aromatic rings. The molecule has 7 heteroatoms. The zero-order valence-electron chi connectivity index (χ0n) is 11.0. The molecule has 1 aliphatic rings. The van der Waals surface area contributed by atoms with Crippen LogP contribution in [0.25, 0.3) is 0 Å². The molecule has 2 rings (SSSR count). The minimum Gasteiger partial charge on any atom is -0.375 e. The molecule has 0 aromatic heterocycles. The first-order valence-corrected chi connectivity index (χ1v) is 6.52. The van der Waals surface area contributed by atoms with E-state index in [1.165, 1.54) is 12.1 Å². The van der Waals surface area contributed by atoms with E-state index in [9.17, 15) is 9.18 Å². The van der Waals surface area contributed by atoms with Crippen LogP contribution >= 0.6 is 24.0 Å². The van der Waals surface area contributed by atoms with Crippen molar-refractivity contribution in [2.75, 3.05) is 13.2 Å². The summed E-state index contributed by atoms with van der Waals surface area (Å²) < 4.78 is 18.4. The van der Waals surface area contributed by atoms with Gasteiger partial charge in [0.25, 0.3) is 0 Å². The molecule has 2 N–H and O–H groups in total. The van der Waals surface area contributed by atoms with Crippen LogP contribution in [-0.2, 0) is 16.1 Å². The van der Waals surface area contributed by atoms with Crippen LogP contribution < -0.4 is 10.6 Å². The zero-order valence-corrected chi connectivity index (χ0v) is 12.6. The Labute approximate surface area is 128 Å². The van der Waals surface area contributed by atoms with Crippen molar-refractivity contribution in [3.63, 3.8) is 0 Å². The van der Waals surface area contributed by atoms with E-state index in [4.69, 9.17) is 16.3 Å². The van der Waals surface area contributed by atoms with Crippen molar-refractivity contribution >= 4 is 29.9 Å². The molecule has 0 bridgehead atoms. The normalized spacial score (nSPS) is 21.9. The molecule has 1 fully saturated rings. The third-order valence-corrected chi connectivity index (χ3v) is 3.34. The fraction of sp³-hybridized carbons (Fsp3) is 0.462. The minimum atomic E-state index is -0.465. The topological polar surface area (TPSA) is 50.4 Å². The van der Waals surface area contributed by atoms with Crippen molar-refractivity contribution in [2.24, 2.45) is 0 Å². The van der Waals surface area contributed by atoms with Gasteiger partial charge in [-0.2, -0.15) is 0 Å². The smallest absolute Gasteiger partial charge is 0.240 e. The summed E-state index contributed by atoms with van der Waals surface area (Å²) in [5.41, 5.74) is 0.754. The summed E-state index contributed by atoms with van der Waals surface area (Å²) in [5.74, 6) is -0.597. The number of ether oxygens (including phenoxy) is 1. The van der Waals surface area contributed by atoms with Gasteiger partial charge in [-0.05, 0) is 24.6 Å². The van der Waals surface area contributed by atoms with Crippen molar-refractivity contribution < 1.29 is 13.9 Å². The first-order chi connectivity index (χ1) is 9.08. The molecule has 20 heavy (non-hydrogen) atoms. The second-order valence-electron chi connectivity index (χ2n) is 4.47. The van der Waals surface area contributed by atoms with Gasteiger partial charge in [0.15, 0.2) is 0 Å². The highest BCUT2D eigenvalue weighted by atomic mass is 35.5. The van der Waals surface area contributed by atoms with Crippen molar-refractivity contribution in [1.82, 2.24) is 10.6 Å². The number of rotatable bonds is 3. The summed E-state index contributed by atoms with van der Waals surface area (Å²) in [6, 6.07) is 4.03. The monoisotopic (exact) mass is 322 g/mol. The molecular formula is C13H17Cl2FN2O2. The number of amides is 1. The van der Waals surface area contributed by atoms with Gasteiger partial charge in [-0.15, -0.1) is 12.4 Å². The van der Waals surface area contributed by atoms with E-state index in [0.717, 1.165) is 5.56 Å². The maximum Gasteiger partial charge on any atom is 0.240 e. The highest BCUT2D eigenvalue weighted by Crippen LogP contribution is 2.16. The van der Waals surface area contributed by atoms with E-state index in [-0.39, 0.29) is 35.5 Å². The summed E-state index contributed by atoms with van der Waals surface area (Å²) in [6.45, 7) is 3.43. The molecule has 0 radical (unpaired) electrons. The lowest BCUT2D eigenvalue weighted by Gasteiger charge is -2.29. The number of morpholine rings is 1. The van der Waals surface area contributed by atoms with Gasteiger partial charge in [0.2, 0.25) is 5.91 Å². The third kappa shape index (κ3) is 4.31. The minimum absolute atomic E-state index is 0. The Kier molecular flexibility index (Phi) is 6.68. The molecule has 0 saturated carbocycles. The van der Waals surface area contributed by atoms with Crippen LogP contribution in [0.4, 0.5) is 4.39 Å². The van der Waals surface area contributed by atoms with E-state index in [0.29, 0.717) is 19.7 Å². The fourth-order valence-corrected chi connectivity index (χ4v) is 2.18. The summed E-state index contributed by atoms with van der Waals surface area (Å²) >= 11 is 5.68. The molecule has 1 aromatic carbocycles. The van der Waals surface area contributed by atoms with E-state index in [2.05, 4.69) is 10.6 Å². The molecular weight excluding hydrogens is 306 g/mol. The van der Waals surface area contributed by atoms with Gasteiger partial charge in [0.1, 0.15) is 11.9 Å². The lowest BCUT2D eigenvalue weighted by molar-refractivity contribution is -0.129. The molecule has 1 heterocycles. The van der Waals surface area contributed by atoms with E-state index < -0.39 is 5.82 Å². The number of benzene rings is 1. The number of hydrogen-bond acceptors (Lipinski definition) is 3. The molecule has 1 aliphatic heterocycles. The second kappa shape index (κ2) is 7.78. The van der Waals surface area contributed by atoms with Crippen LogP contribution in [0.5, 0.6) is 0 Å². The molecule has 2 atom stereocenters. The van der Waals surface area contributed by atoms with Gasteiger partial charge in [-0.3, -0.25) is 4.79 Å². The third-order valence-electron chi connectivity index (χ3n) is 3.05. The average molecular weight is 323 g/mol. The Morgan fingerprint density at radius 3 is 3.00 bits per heavy atom. The molecule has 0 aliphatic carbocycles. The van der Waals surface area contributed by atoms with Crippen LogP contribution in [0, 0.1) is 5.82 Å². The number of carbonyl (C=O) groups is 1. The predicted molar refractivity (Wildman–Crippen MR) is 77.7 cm³/mol. The first kappa shape index (κ1) is 17.2. The highest BCUT2D eigenvalue weighted by molar-refractivity contribution is 6.30. The van der Waals surface area contributed by atoms with E-state index in [1.54, 1.807) is 6.07 Å². The van der Waals surface area contributed by atoms with E-state index in [1.807, 2.05) is 6.92 Å². The Morgan fingerprint density at radius 1 is 1.60 bits per heavy atom. The van der Waals surface area contributed by atoms with Crippen molar-refractivity contribution in [1.29, 1.82) is 0 Å². The van der Waals surface area contributed by atoms with E-state index >= 15 is 0 Å². The van der Waals surface area contributed by atoms with Crippen LogP contribution in [0.1, 0.15) is 12.5 Å². The SMILES string of the molecule is C[C@H]1OCCN[C@@H]1C(=O)NCc1ccc(F)c(Cl)c1.Cl. The molecule has 4 nitrogen and oxygen atoms in total. The molecule has 1 saturated heterocycles. The molecule has 0 spiro atoms. The van der Waals surface area contributed by atoms with Gasteiger partial charge < -0.3 is 15.4 Å². The Hall–Kier alpha value is -0.880. The maximum absolute atomic E-state index is 13.0. The zero-order chi connectivity index (χ0) is 13.8.